The largest absolute Gasteiger partial charge is 0.495 e. The minimum Gasteiger partial charge on any atom is -0.495 e. The van der Waals surface area contributed by atoms with Crippen LogP contribution in [0.5, 0.6) is 5.75 Å². The highest BCUT2D eigenvalue weighted by molar-refractivity contribution is 7.99. The molecule has 1 unspecified atom stereocenters. The van der Waals surface area contributed by atoms with E-state index in [1.165, 1.54) is 0 Å². The van der Waals surface area contributed by atoms with E-state index < -0.39 is 6.04 Å². The first-order chi connectivity index (χ1) is 9.60. The molecule has 1 saturated heterocycles. The number of thioether (sulfide) groups is 1. The van der Waals surface area contributed by atoms with Gasteiger partial charge >= 0.3 is 0 Å². The molecule has 2 rings (SSSR count). The molecule has 1 atom stereocenters. The van der Waals surface area contributed by atoms with Crippen molar-refractivity contribution in [1.29, 1.82) is 0 Å². The summed E-state index contributed by atoms with van der Waals surface area (Å²) >= 11 is 1.60. The summed E-state index contributed by atoms with van der Waals surface area (Å²) in [7, 11) is 1.56. The standard InChI is InChI=1S/C14H18N2O3S/c1-9-3-4-12(19-2)10(7-9)16-14(18)11-8-20-6-5-13(17)15-11/h3-4,7,11H,5-6,8H2,1-2H3,(H,15,17)(H,16,18). The van der Waals surface area contributed by atoms with Crippen molar-refractivity contribution in [2.24, 2.45) is 0 Å². The molecule has 6 heteroatoms. The summed E-state index contributed by atoms with van der Waals surface area (Å²) in [4.78, 5) is 23.7. The summed E-state index contributed by atoms with van der Waals surface area (Å²) in [5.41, 5.74) is 1.65. The number of aryl methyl sites for hydroxylation is 1. The lowest BCUT2D eigenvalue weighted by Gasteiger charge is -2.17. The van der Waals surface area contributed by atoms with Crippen LogP contribution in [0.4, 0.5) is 5.69 Å². The Bertz CT molecular complexity index is 519. The monoisotopic (exact) mass is 294 g/mol. The van der Waals surface area contributed by atoms with E-state index in [0.717, 1.165) is 11.3 Å². The average molecular weight is 294 g/mol. The van der Waals surface area contributed by atoms with Crippen molar-refractivity contribution in [3.05, 3.63) is 23.8 Å². The van der Waals surface area contributed by atoms with E-state index in [1.807, 2.05) is 25.1 Å². The van der Waals surface area contributed by atoms with Gasteiger partial charge < -0.3 is 15.4 Å². The van der Waals surface area contributed by atoms with Gasteiger partial charge in [0.2, 0.25) is 11.8 Å². The Kier molecular flexibility index (Phi) is 4.89. The van der Waals surface area contributed by atoms with Crippen LogP contribution >= 0.6 is 11.8 Å². The number of methoxy groups -OCH3 is 1. The summed E-state index contributed by atoms with van der Waals surface area (Å²) in [6.45, 7) is 1.94. The maximum absolute atomic E-state index is 12.3. The maximum atomic E-state index is 12.3. The number of amides is 2. The van der Waals surface area contributed by atoms with Crippen LogP contribution in [0.1, 0.15) is 12.0 Å². The van der Waals surface area contributed by atoms with Crippen molar-refractivity contribution >= 4 is 29.3 Å². The van der Waals surface area contributed by atoms with E-state index >= 15 is 0 Å². The minimum atomic E-state index is -0.500. The average Bonchev–Trinajstić information content (AvgIpc) is 2.64. The van der Waals surface area contributed by atoms with Gasteiger partial charge in [0.25, 0.3) is 0 Å². The van der Waals surface area contributed by atoms with Crippen molar-refractivity contribution < 1.29 is 14.3 Å². The van der Waals surface area contributed by atoms with Crippen LogP contribution in [0.25, 0.3) is 0 Å². The first-order valence-corrected chi connectivity index (χ1v) is 7.58. The van der Waals surface area contributed by atoms with Gasteiger partial charge in [0, 0.05) is 17.9 Å². The van der Waals surface area contributed by atoms with Crippen molar-refractivity contribution in [1.82, 2.24) is 5.32 Å². The molecule has 1 heterocycles. The molecule has 2 N–H and O–H groups in total. The molecule has 108 valence electrons. The second-order valence-electron chi connectivity index (χ2n) is 4.64. The second-order valence-corrected chi connectivity index (χ2v) is 5.79. The van der Waals surface area contributed by atoms with Gasteiger partial charge in [-0.15, -0.1) is 0 Å². The van der Waals surface area contributed by atoms with Crippen LogP contribution in [-0.2, 0) is 9.59 Å². The van der Waals surface area contributed by atoms with Crippen LogP contribution in [0.2, 0.25) is 0 Å². The number of nitrogens with one attached hydrogen (secondary N) is 2. The smallest absolute Gasteiger partial charge is 0.247 e. The van der Waals surface area contributed by atoms with Gasteiger partial charge in [-0.25, -0.2) is 0 Å². The van der Waals surface area contributed by atoms with Gasteiger partial charge in [0.05, 0.1) is 12.8 Å². The van der Waals surface area contributed by atoms with Crippen LogP contribution in [0, 0.1) is 6.92 Å². The number of carbonyl (C=O) groups is 2. The molecule has 2 amide bonds. The number of hydrogen-bond acceptors (Lipinski definition) is 4. The molecule has 0 spiro atoms. The Morgan fingerprint density at radius 1 is 1.50 bits per heavy atom. The lowest BCUT2D eigenvalue weighted by atomic mass is 10.2. The maximum Gasteiger partial charge on any atom is 0.247 e. The number of carbonyl (C=O) groups excluding carboxylic acids is 2. The van der Waals surface area contributed by atoms with E-state index in [9.17, 15) is 9.59 Å². The number of benzene rings is 1. The Morgan fingerprint density at radius 2 is 2.30 bits per heavy atom. The summed E-state index contributed by atoms with van der Waals surface area (Å²) in [6.07, 6.45) is 0.461. The Hall–Kier alpha value is -1.69. The quantitative estimate of drug-likeness (QED) is 0.888. The highest BCUT2D eigenvalue weighted by atomic mass is 32.2. The summed E-state index contributed by atoms with van der Waals surface area (Å²) < 4.78 is 5.23. The fraction of sp³-hybridized carbons (Fsp3) is 0.429. The lowest BCUT2D eigenvalue weighted by molar-refractivity contribution is -0.125. The molecule has 1 aromatic carbocycles. The van der Waals surface area contributed by atoms with Gasteiger partial charge in [0.15, 0.2) is 0 Å². The predicted octanol–water partition coefficient (Wildman–Crippen LogP) is 1.56. The highest BCUT2D eigenvalue weighted by Gasteiger charge is 2.24. The number of hydrogen-bond donors (Lipinski definition) is 2. The van der Waals surface area contributed by atoms with Crippen LogP contribution < -0.4 is 15.4 Å². The molecule has 1 fully saturated rings. The molecule has 0 aliphatic carbocycles. The summed E-state index contributed by atoms with van der Waals surface area (Å²) in [6, 6.07) is 5.08. The predicted molar refractivity (Wildman–Crippen MR) is 80.2 cm³/mol. The number of ether oxygens (including phenoxy) is 1. The van der Waals surface area contributed by atoms with E-state index in [2.05, 4.69) is 10.6 Å². The Labute approximate surface area is 122 Å². The second kappa shape index (κ2) is 6.65. The van der Waals surface area contributed by atoms with Crippen molar-refractivity contribution in [2.75, 3.05) is 23.9 Å². The third-order valence-electron chi connectivity index (χ3n) is 3.02. The van der Waals surface area contributed by atoms with Gasteiger partial charge in [-0.3, -0.25) is 9.59 Å². The third kappa shape index (κ3) is 3.66. The Balaban J connectivity index is 2.10. The van der Waals surface area contributed by atoms with Crippen molar-refractivity contribution in [2.45, 2.75) is 19.4 Å². The Morgan fingerprint density at radius 3 is 3.05 bits per heavy atom. The first kappa shape index (κ1) is 14.7. The number of rotatable bonds is 3. The topological polar surface area (TPSA) is 67.4 Å². The third-order valence-corrected chi connectivity index (χ3v) is 4.08. The van der Waals surface area contributed by atoms with E-state index in [-0.39, 0.29) is 11.8 Å². The molecule has 0 radical (unpaired) electrons. The zero-order valence-electron chi connectivity index (χ0n) is 11.6. The molecule has 0 bridgehead atoms. The normalized spacial score (nSPS) is 18.9. The van der Waals surface area contributed by atoms with Crippen molar-refractivity contribution in [3.63, 3.8) is 0 Å². The van der Waals surface area contributed by atoms with Gasteiger partial charge in [-0.2, -0.15) is 11.8 Å². The molecule has 1 aliphatic rings. The van der Waals surface area contributed by atoms with E-state index in [4.69, 9.17) is 4.74 Å². The molecule has 1 aliphatic heterocycles. The molecule has 20 heavy (non-hydrogen) atoms. The zero-order chi connectivity index (χ0) is 14.5. The molecule has 5 nitrogen and oxygen atoms in total. The van der Waals surface area contributed by atoms with Crippen LogP contribution in [-0.4, -0.2) is 36.5 Å². The number of anilines is 1. The highest BCUT2D eigenvalue weighted by Crippen LogP contribution is 2.25. The summed E-state index contributed by atoms with van der Waals surface area (Å²) in [5.74, 6) is 1.66. The van der Waals surface area contributed by atoms with Crippen LogP contribution in [0.15, 0.2) is 18.2 Å². The molecular weight excluding hydrogens is 276 g/mol. The molecular formula is C14H18N2O3S. The van der Waals surface area contributed by atoms with E-state index in [1.54, 1.807) is 18.9 Å². The SMILES string of the molecule is COc1ccc(C)cc1NC(=O)C1CSCCC(=O)N1. The van der Waals surface area contributed by atoms with Gasteiger partial charge in [-0.1, -0.05) is 6.07 Å². The lowest BCUT2D eigenvalue weighted by Crippen LogP contribution is -2.44. The fourth-order valence-electron chi connectivity index (χ4n) is 1.95. The fourth-order valence-corrected chi connectivity index (χ4v) is 2.92. The minimum absolute atomic E-state index is 0.0774. The first-order valence-electron chi connectivity index (χ1n) is 6.43. The molecule has 1 aromatic rings. The summed E-state index contributed by atoms with van der Waals surface area (Å²) in [5, 5.41) is 5.57. The zero-order valence-corrected chi connectivity index (χ0v) is 12.4. The molecule has 0 saturated carbocycles. The van der Waals surface area contributed by atoms with Crippen LogP contribution in [0.3, 0.4) is 0 Å². The van der Waals surface area contributed by atoms with Gasteiger partial charge in [-0.05, 0) is 24.6 Å². The van der Waals surface area contributed by atoms with Crippen molar-refractivity contribution in [3.8, 4) is 5.75 Å². The van der Waals surface area contributed by atoms with Gasteiger partial charge in [0.1, 0.15) is 11.8 Å². The van der Waals surface area contributed by atoms with E-state index in [0.29, 0.717) is 23.6 Å². The molecule has 0 aromatic heterocycles.